The minimum atomic E-state index is 0.726. The molecular formula is C17H15N3S. The van der Waals surface area contributed by atoms with E-state index >= 15 is 0 Å². The Morgan fingerprint density at radius 3 is 2.48 bits per heavy atom. The zero-order chi connectivity index (χ0) is 15.0. The van der Waals surface area contributed by atoms with Crippen molar-refractivity contribution in [3.63, 3.8) is 0 Å². The van der Waals surface area contributed by atoms with Gasteiger partial charge in [0.15, 0.2) is 0 Å². The van der Waals surface area contributed by atoms with Gasteiger partial charge in [0.2, 0.25) is 0 Å². The fourth-order valence-corrected chi connectivity index (χ4v) is 2.99. The summed E-state index contributed by atoms with van der Waals surface area (Å²) in [4.78, 5) is 1.01. The predicted molar refractivity (Wildman–Crippen MR) is 87.9 cm³/mol. The van der Waals surface area contributed by atoms with Gasteiger partial charge in [0.25, 0.3) is 0 Å². The second-order valence-electron chi connectivity index (χ2n) is 5.06. The first-order chi connectivity index (χ1) is 10.2. The number of nitrogens with zero attached hydrogens (tertiary/aromatic N) is 2. The van der Waals surface area contributed by atoms with E-state index in [0.717, 1.165) is 38.2 Å². The maximum absolute atomic E-state index is 9.60. The molecule has 4 heteroatoms. The van der Waals surface area contributed by atoms with E-state index < -0.39 is 0 Å². The highest BCUT2D eigenvalue weighted by atomic mass is 32.2. The third-order valence-electron chi connectivity index (χ3n) is 3.73. The first kappa shape index (κ1) is 13.7. The molecule has 3 rings (SSSR count). The van der Waals surface area contributed by atoms with Gasteiger partial charge in [0, 0.05) is 22.8 Å². The van der Waals surface area contributed by atoms with Gasteiger partial charge >= 0.3 is 0 Å². The highest BCUT2D eigenvalue weighted by molar-refractivity contribution is 7.97. The van der Waals surface area contributed by atoms with E-state index in [1.807, 2.05) is 38.2 Å². The number of aromatic nitrogens is 1. The molecule has 104 valence electrons. The van der Waals surface area contributed by atoms with Crippen LogP contribution in [0.4, 0.5) is 0 Å². The number of rotatable bonds is 2. The average Bonchev–Trinajstić information content (AvgIpc) is 2.79. The molecule has 0 fully saturated rings. The van der Waals surface area contributed by atoms with Crippen LogP contribution in [0.5, 0.6) is 0 Å². The van der Waals surface area contributed by atoms with Crippen LogP contribution in [-0.2, 0) is 7.05 Å². The molecule has 0 spiro atoms. The molecule has 0 aliphatic heterocycles. The molecule has 0 aliphatic rings. The Kier molecular flexibility index (Phi) is 3.46. The molecule has 0 atom stereocenters. The largest absolute Gasteiger partial charge is 0.343 e. The Bertz CT molecular complexity index is 854. The lowest BCUT2D eigenvalue weighted by molar-refractivity contribution is 0.976. The van der Waals surface area contributed by atoms with Gasteiger partial charge in [0.05, 0.1) is 11.3 Å². The van der Waals surface area contributed by atoms with Crippen molar-refractivity contribution >= 4 is 22.9 Å². The zero-order valence-corrected chi connectivity index (χ0v) is 12.7. The first-order valence-electron chi connectivity index (χ1n) is 6.62. The Labute approximate surface area is 128 Å². The van der Waals surface area contributed by atoms with E-state index in [1.54, 1.807) is 0 Å². The maximum Gasteiger partial charge on any atom is 0.102 e. The Morgan fingerprint density at radius 2 is 1.86 bits per heavy atom. The minimum Gasteiger partial charge on any atom is -0.343 e. The number of fused-ring (bicyclic) bond motifs is 1. The van der Waals surface area contributed by atoms with E-state index in [1.165, 1.54) is 11.9 Å². The summed E-state index contributed by atoms with van der Waals surface area (Å²) < 4.78 is 2.08. The number of aryl methyl sites for hydroxylation is 2. The summed E-state index contributed by atoms with van der Waals surface area (Å²) >= 11 is 1.22. The van der Waals surface area contributed by atoms with Gasteiger partial charge < -0.3 is 4.57 Å². The fraction of sp³-hybridized carbons (Fsp3) is 0.118. The van der Waals surface area contributed by atoms with Crippen molar-refractivity contribution < 1.29 is 0 Å². The van der Waals surface area contributed by atoms with E-state index in [9.17, 15) is 5.26 Å². The smallest absolute Gasteiger partial charge is 0.102 e. The minimum absolute atomic E-state index is 0.726. The predicted octanol–water partition coefficient (Wildman–Crippen LogP) is 3.99. The monoisotopic (exact) mass is 293 g/mol. The van der Waals surface area contributed by atoms with Crippen molar-refractivity contribution in [2.24, 2.45) is 12.2 Å². The summed E-state index contributed by atoms with van der Waals surface area (Å²) in [6.45, 7) is 2.04. The molecule has 0 saturated heterocycles. The van der Waals surface area contributed by atoms with Crippen molar-refractivity contribution in [1.82, 2.24) is 4.57 Å². The van der Waals surface area contributed by atoms with Crippen LogP contribution in [0, 0.1) is 18.3 Å². The summed E-state index contributed by atoms with van der Waals surface area (Å²) in [5, 5.41) is 16.2. The second kappa shape index (κ2) is 5.28. The highest BCUT2D eigenvalue weighted by Crippen LogP contribution is 2.33. The van der Waals surface area contributed by atoms with Crippen LogP contribution in [0.1, 0.15) is 11.1 Å². The molecule has 21 heavy (non-hydrogen) atoms. The van der Waals surface area contributed by atoms with Crippen molar-refractivity contribution in [3.8, 4) is 17.3 Å². The molecule has 0 unspecified atom stereocenters. The average molecular weight is 293 g/mol. The fourth-order valence-electron chi connectivity index (χ4n) is 2.70. The molecule has 3 aromatic rings. The molecule has 0 aliphatic carbocycles. The SMILES string of the molecule is Cc1ccc2c(c1)c(C#N)c(-c1ccc(SN)cc1)n2C. The van der Waals surface area contributed by atoms with Crippen LogP contribution in [0.2, 0.25) is 0 Å². The number of benzene rings is 2. The topological polar surface area (TPSA) is 54.7 Å². The van der Waals surface area contributed by atoms with Crippen molar-refractivity contribution in [2.45, 2.75) is 11.8 Å². The standard InChI is InChI=1S/C17H15N3S/c1-11-3-8-16-14(9-11)15(10-18)17(20(16)2)12-4-6-13(21-19)7-5-12/h3-9H,19H2,1-2H3. The number of hydrogen-bond acceptors (Lipinski definition) is 3. The Morgan fingerprint density at radius 1 is 1.14 bits per heavy atom. The van der Waals surface area contributed by atoms with E-state index in [0.29, 0.717) is 0 Å². The highest BCUT2D eigenvalue weighted by Gasteiger charge is 2.16. The first-order valence-corrected chi connectivity index (χ1v) is 7.50. The molecular weight excluding hydrogens is 278 g/mol. The van der Waals surface area contributed by atoms with Gasteiger partial charge in [-0.3, -0.25) is 5.14 Å². The molecule has 0 saturated carbocycles. The van der Waals surface area contributed by atoms with E-state index in [2.05, 4.69) is 28.8 Å². The van der Waals surface area contributed by atoms with Crippen LogP contribution in [-0.4, -0.2) is 4.57 Å². The lowest BCUT2D eigenvalue weighted by atomic mass is 10.1. The number of hydrogen-bond donors (Lipinski definition) is 1. The molecule has 1 aromatic heterocycles. The number of nitriles is 1. The summed E-state index contributed by atoms with van der Waals surface area (Å²) in [5.74, 6) is 0. The van der Waals surface area contributed by atoms with Gasteiger partial charge in [-0.25, -0.2) is 0 Å². The molecule has 2 aromatic carbocycles. The molecule has 0 radical (unpaired) electrons. The van der Waals surface area contributed by atoms with Gasteiger partial charge in [-0.15, -0.1) is 0 Å². The van der Waals surface area contributed by atoms with Crippen LogP contribution < -0.4 is 5.14 Å². The molecule has 2 N–H and O–H groups in total. The lowest BCUT2D eigenvalue weighted by Crippen LogP contribution is -1.92. The van der Waals surface area contributed by atoms with E-state index in [-0.39, 0.29) is 0 Å². The molecule has 3 nitrogen and oxygen atoms in total. The van der Waals surface area contributed by atoms with Crippen LogP contribution in [0.25, 0.3) is 22.2 Å². The Hall–Kier alpha value is -2.22. The second-order valence-corrected chi connectivity index (χ2v) is 5.76. The number of nitrogens with two attached hydrogens (primary N) is 1. The van der Waals surface area contributed by atoms with Crippen LogP contribution >= 0.6 is 11.9 Å². The van der Waals surface area contributed by atoms with Gasteiger partial charge in [-0.2, -0.15) is 5.26 Å². The van der Waals surface area contributed by atoms with Crippen molar-refractivity contribution in [1.29, 1.82) is 5.26 Å². The summed E-state index contributed by atoms with van der Waals surface area (Å²) in [6, 6.07) is 16.5. The molecule has 0 amide bonds. The van der Waals surface area contributed by atoms with Crippen LogP contribution in [0.15, 0.2) is 47.4 Å². The quantitative estimate of drug-likeness (QED) is 0.727. The van der Waals surface area contributed by atoms with E-state index in [4.69, 9.17) is 5.14 Å². The van der Waals surface area contributed by atoms with Gasteiger partial charge in [-0.1, -0.05) is 23.8 Å². The third-order valence-corrected chi connectivity index (χ3v) is 4.27. The Balaban J connectivity index is 2.31. The maximum atomic E-state index is 9.60. The normalized spacial score (nSPS) is 10.8. The van der Waals surface area contributed by atoms with Gasteiger partial charge in [-0.05, 0) is 48.7 Å². The summed E-state index contributed by atoms with van der Waals surface area (Å²) in [7, 11) is 2.00. The molecule has 0 bridgehead atoms. The summed E-state index contributed by atoms with van der Waals surface area (Å²) in [5.41, 5.74) is 4.94. The zero-order valence-electron chi connectivity index (χ0n) is 11.9. The third kappa shape index (κ3) is 2.21. The van der Waals surface area contributed by atoms with Gasteiger partial charge in [0.1, 0.15) is 6.07 Å². The molecule has 1 heterocycles. The lowest BCUT2D eigenvalue weighted by Gasteiger charge is -2.06. The van der Waals surface area contributed by atoms with Crippen LogP contribution in [0.3, 0.4) is 0 Å². The van der Waals surface area contributed by atoms with Crippen molar-refractivity contribution in [2.75, 3.05) is 0 Å². The van der Waals surface area contributed by atoms with Crippen molar-refractivity contribution in [3.05, 3.63) is 53.6 Å². The summed E-state index contributed by atoms with van der Waals surface area (Å²) in [6.07, 6.45) is 0.